The third-order valence-corrected chi connectivity index (χ3v) is 5.83. The summed E-state index contributed by atoms with van der Waals surface area (Å²) in [6.45, 7) is 6.03. The number of hydrogen-bond donors (Lipinski definition) is 0. The van der Waals surface area contributed by atoms with Gasteiger partial charge in [-0.25, -0.2) is 4.39 Å². The summed E-state index contributed by atoms with van der Waals surface area (Å²) in [6, 6.07) is 14.9. The van der Waals surface area contributed by atoms with Gasteiger partial charge < -0.3 is 9.64 Å². The monoisotopic (exact) mass is 381 g/mol. The first-order valence-corrected chi connectivity index (χ1v) is 10.2. The number of nitrogens with zero attached hydrogens (tertiary/aromatic N) is 1. The second kappa shape index (κ2) is 7.23. The van der Waals surface area contributed by atoms with Crippen LogP contribution in [0.5, 0.6) is 5.75 Å². The summed E-state index contributed by atoms with van der Waals surface area (Å²) in [5, 5.41) is 0. The Morgan fingerprint density at radius 3 is 2.07 bits per heavy atom. The predicted molar refractivity (Wildman–Crippen MR) is 108 cm³/mol. The van der Waals surface area contributed by atoms with Crippen molar-refractivity contribution in [3.63, 3.8) is 0 Å². The van der Waals surface area contributed by atoms with Crippen LogP contribution < -0.4 is 4.74 Å². The highest BCUT2D eigenvalue weighted by molar-refractivity contribution is 5.95. The number of benzene rings is 2. The van der Waals surface area contributed by atoms with E-state index in [1.807, 2.05) is 57.2 Å². The highest BCUT2D eigenvalue weighted by atomic mass is 19.1. The second-order valence-corrected chi connectivity index (χ2v) is 9.06. The van der Waals surface area contributed by atoms with Crippen molar-refractivity contribution in [1.82, 2.24) is 4.90 Å². The fourth-order valence-electron chi connectivity index (χ4n) is 4.68. The number of piperidine rings is 1. The maximum atomic E-state index is 13.2. The Balaban J connectivity index is 1.47. The molecule has 28 heavy (non-hydrogen) atoms. The van der Waals surface area contributed by atoms with Crippen molar-refractivity contribution in [2.45, 2.75) is 70.1 Å². The lowest BCUT2D eigenvalue weighted by Crippen LogP contribution is -2.46. The van der Waals surface area contributed by atoms with Crippen LogP contribution in [0.1, 0.15) is 68.3 Å². The molecule has 2 aromatic rings. The van der Waals surface area contributed by atoms with Gasteiger partial charge >= 0.3 is 0 Å². The van der Waals surface area contributed by atoms with Crippen LogP contribution in [0.4, 0.5) is 4.39 Å². The van der Waals surface area contributed by atoms with E-state index in [1.54, 1.807) is 0 Å². The van der Waals surface area contributed by atoms with Gasteiger partial charge in [-0.1, -0.05) is 12.1 Å². The first-order chi connectivity index (χ1) is 13.3. The zero-order chi connectivity index (χ0) is 19.9. The van der Waals surface area contributed by atoms with E-state index >= 15 is 0 Å². The van der Waals surface area contributed by atoms with Crippen molar-refractivity contribution in [3.8, 4) is 5.75 Å². The zero-order valence-electron chi connectivity index (χ0n) is 16.8. The van der Waals surface area contributed by atoms with Gasteiger partial charge in [0.2, 0.25) is 0 Å². The average Bonchev–Trinajstić information content (AvgIpc) is 2.90. The molecule has 4 heteroatoms. The van der Waals surface area contributed by atoms with E-state index < -0.39 is 0 Å². The van der Waals surface area contributed by atoms with E-state index in [9.17, 15) is 9.18 Å². The number of halogens is 1. The molecule has 3 nitrogen and oxygen atoms in total. The maximum Gasteiger partial charge on any atom is 0.254 e. The largest absolute Gasteiger partial charge is 0.488 e. The smallest absolute Gasteiger partial charge is 0.254 e. The molecule has 2 saturated heterocycles. The van der Waals surface area contributed by atoms with Crippen molar-refractivity contribution in [1.29, 1.82) is 0 Å². The quantitative estimate of drug-likeness (QED) is 0.697. The Kier molecular flexibility index (Phi) is 4.90. The summed E-state index contributed by atoms with van der Waals surface area (Å²) in [5.74, 6) is 1.11. The Hall–Kier alpha value is -2.36. The lowest BCUT2D eigenvalue weighted by atomic mass is 9.85. The lowest BCUT2D eigenvalue weighted by molar-refractivity contribution is 0.0571. The molecular weight excluding hydrogens is 353 g/mol. The van der Waals surface area contributed by atoms with Crippen LogP contribution in [0.15, 0.2) is 48.5 Å². The van der Waals surface area contributed by atoms with Gasteiger partial charge in [-0.3, -0.25) is 4.79 Å². The number of carbonyl (C=O) groups excluding carboxylic acids is 1. The molecule has 3 atom stereocenters. The average molecular weight is 381 g/mol. The summed E-state index contributed by atoms with van der Waals surface area (Å²) in [6.07, 6.45) is 4.02. The van der Waals surface area contributed by atoms with Crippen LogP contribution in [-0.2, 0) is 0 Å². The second-order valence-electron chi connectivity index (χ2n) is 9.06. The van der Waals surface area contributed by atoms with Crippen molar-refractivity contribution < 1.29 is 13.9 Å². The van der Waals surface area contributed by atoms with Gasteiger partial charge in [0.25, 0.3) is 5.91 Å². The van der Waals surface area contributed by atoms with Crippen LogP contribution in [0.3, 0.4) is 0 Å². The van der Waals surface area contributed by atoms with Crippen molar-refractivity contribution in [3.05, 3.63) is 65.5 Å². The number of rotatable bonds is 3. The highest BCUT2D eigenvalue weighted by Crippen LogP contribution is 2.43. The number of amides is 1. The van der Waals surface area contributed by atoms with E-state index in [4.69, 9.17) is 4.74 Å². The molecule has 0 aliphatic carbocycles. The topological polar surface area (TPSA) is 29.5 Å². The minimum Gasteiger partial charge on any atom is -0.488 e. The maximum absolute atomic E-state index is 13.2. The summed E-state index contributed by atoms with van der Waals surface area (Å²) in [4.78, 5) is 15.3. The van der Waals surface area contributed by atoms with Gasteiger partial charge in [-0.2, -0.15) is 0 Å². The minimum atomic E-state index is -0.257. The van der Waals surface area contributed by atoms with Crippen LogP contribution in [0.2, 0.25) is 0 Å². The summed E-state index contributed by atoms with van der Waals surface area (Å²) in [7, 11) is 0. The Morgan fingerprint density at radius 2 is 1.54 bits per heavy atom. The SMILES string of the molecule is CC(C)(C)Oc1ccc(C(=O)N2[C@@H]3CC[C@H]2C[C@@H](c2ccc(F)cc2)C3)cc1. The van der Waals surface area contributed by atoms with E-state index in [0.29, 0.717) is 5.92 Å². The Labute approximate surface area is 166 Å². The predicted octanol–water partition coefficient (Wildman–Crippen LogP) is 5.55. The molecule has 2 aromatic carbocycles. The fraction of sp³-hybridized carbons (Fsp3) is 0.458. The van der Waals surface area contributed by atoms with E-state index in [-0.39, 0.29) is 29.4 Å². The van der Waals surface area contributed by atoms with Crippen molar-refractivity contribution >= 4 is 5.91 Å². The number of hydrogen-bond acceptors (Lipinski definition) is 2. The zero-order valence-corrected chi connectivity index (χ0v) is 16.8. The molecule has 1 amide bonds. The first-order valence-electron chi connectivity index (χ1n) is 10.2. The number of ether oxygens (including phenoxy) is 1. The molecule has 0 saturated carbocycles. The summed E-state index contributed by atoms with van der Waals surface area (Å²) >= 11 is 0. The number of carbonyl (C=O) groups is 1. The van der Waals surface area contributed by atoms with Gasteiger partial charge in [0.05, 0.1) is 0 Å². The van der Waals surface area contributed by atoms with Gasteiger partial charge in [0, 0.05) is 17.6 Å². The molecule has 2 fully saturated rings. The van der Waals surface area contributed by atoms with Crippen molar-refractivity contribution in [2.24, 2.45) is 0 Å². The van der Waals surface area contributed by atoms with Gasteiger partial charge in [-0.05, 0) is 94.3 Å². The van der Waals surface area contributed by atoms with E-state index in [0.717, 1.165) is 37.0 Å². The van der Waals surface area contributed by atoms with Crippen molar-refractivity contribution in [2.75, 3.05) is 0 Å². The molecule has 148 valence electrons. The summed E-state index contributed by atoms with van der Waals surface area (Å²) < 4.78 is 19.1. The van der Waals surface area contributed by atoms with Crippen LogP contribution >= 0.6 is 0 Å². The molecule has 2 aliphatic rings. The molecule has 0 spiro atoms. The van der Waals surface area contributed by atoms with Crippen LogP contribution in [0.25, 0.3) is 0 Å². The van der Waals surface area contributed by atoms with E-state index in [1.165, 1.54) is 17.7 Å². The molecule has 0 radical (unpaired) electrons. The Morgan fingerprint density at radius 1 is 0.964 bits per heavy atom. The lowest BCUT2D eigenvalue weighted by Gasteiger charge is -2.39. The van der Waals surface area contributed by atoms with Gasteiger partial charge in [-0.15, -0.1) is 0 Å². The third kappa shape index (κ3) is 3.91. The minimum absolute atomic E-state index is 0.118. The summed E-state index contributed by atoms with van der Waals surface area (Å²) in [5.41, 5.74) is 1.65. The van der Waals surface area contributed by atoms with E-state index in [2.05, 4.69) is 4.90 Å². The van der Waals surface area contributed by atoms with Crippen LogP contribution in [0, 0.1) is 5.82 Å². The highest BCUT2D eigenvalue weighted by Gasteiger charge is 2.43. The molecule has 2 heterocycles. The number of fused-ring (bicyclic) bond motifs is 2. The normalized spacial score (nSPS) is 24.3. The first kappa shape index (κ1) is 19.0. The molecule has 4 rings (SSSR count). The third-order valence-electron chi connectivity index (χ3n) is 5.83. The molecule has 0 unspecified atom stereocenters. The van der Waals surface area contributed by atoms with Crippen LogP contribution in [-0.4, -0.2) is 28.5 Å². The molecular formula is C24H28FNO2. The molecule has 0 aromatic heterocycles. The van der Waals surface area contributed by atoms with Gasteiger partial charge in [0.15, 0.2) is 0 Å². The fourth-order valence-corrected chi connectivity index (χ4v) is 4.68. The molecule has 2 bridgehead atoms. The van der Waals surface area contributed by atoms with Gasteiger partial charge in [0.1, 0.15) is 17.2 Å². The molecule has 0 N–H and O–H groups in total. The molecule has 2 aliphatic heterocycles. The standard InChI is InChI=1S/C24H28FNO2/c1-24(2,3)28-22-12-6-17(7-13-22)23(27)26-20-10-11-21(26)15-18(14-20)16-4-8-19(25)9-5-16/h4-9,12-13,18,20-21H,10-11,14-15H2,1-3H3/t18-,20+,21-. The Bertz CT molecular complexity index is 824.